The highest BCUT2D eigenvalue weighted by Crippen LogP contribution is 2.28. The molecule has 9 heteroatoms. The van der Waals surface area contributed by atoms with Crippen molar-refractivity contribution in [2.75, 3.05) is 11.9 Å². The van der Waals surface area contributed by atoms with Crippen LogP contribution in [0, 0.1) is 18.3 Å². The Morgan fingerprint density at radius 3 is 3.11 bits per heavy atom. The first-order chi connectivity index (χ1) is 13.2. The number of aryl methyl sites for hydroxylation is 1. The molecule has 27 heavy (non-hydrogen) atoms. The van der Waals surface area contributed by atoms with Crippen molar-refractivity contribution in [2.24, 2.45) is 0 Å². The number of nitriles is 1. The van der Waals surface area contributed by atoms with Crippen LogP contribution in [-0.4, -0.2) is 37.9 Å². The summed E-state index contributed by atoms with van der Waals surface area (Å²) >= 11 is 1.31. The van der Waals surface area contributed by atoms with Crippen LogP contribution in [0.1, 0.15) is 22.4 Å². The minimum Gasteiger partial charge on any atom is -0.320 e. The average Bonchev–Trinajstić information content (AvgIpc) is 3.30. The summed E-state index contributed by atoms with van der Waals surface area (Å²) < 4.78 is 0. The number of carbonyl (C=O) groups is 1. The second-order valence-electron chi connectivity index (χ2n) is 6.31. The smallest absolute Gasteiger partial charge is 0.320 e. The molecular formula is C18H17N7OS. The second-order valence-corrected chi connectivity index (χ2v) is 7.29. The van der Waals surface area contributed by atoms with Crippen LogP contribution in [0.4, 0.5) is 9.93 Å². The van der Waals surface area contributed by atoms with Gasteiger partial charge in [-0.1, -0.05) is 29.5 Å². The van der Waals surface area contributed by atoms with Crippen molar-refractivity contribution in [2.45, 2.75) is 26.3 Å². The zero-order chi connectivity index (χ0) is 18.8. The summed E-state index contributed by atoms with van der Waals surface area (Å²) in [6, 6.07) is 7.95. The number of H-pyrrole nitrogens is 1. The molecule has 1 aliphatic heterocycles. The lowest BCUT2D eigenvalue weighted by Crippen LogP contribution is -2.39. The molecule has 2 N–H and O–H groups in total. The lowest BCUT2D eigenvalue weighted by atomic mass is 9.93. The molecule has 0 atom stereocenters. The van der Waals surface area contributed by atoms with Crippen molar-refractivity contribution in [1.29, 1.82) is 5.26 Å². The van der Waals surface area contributed by atoms with Gasteiger partial charge in [-0.25, -0.2) is 4.79 Å². The summed E-state index contributed by atoms with van der Waals surface area (Å²) in [4.78, 5) is 14.4. The first-order valence-electron chi connectivity index (χ1n) is 8.52. The van der Waals surface area contributed by atoms with Crippen LogP contribution in [0.3, 0.4) is 0 Å². The van der Waals surface area contributed by atoms with Crippen LogP contribution in [0.5, 0.6) is 0 Å². The Bertz CT molecular complexity index is 1030. The standard InChI is InChI=1S/C18H17N7OS/c1-11-15(9-20-22-11)16-23-24-17(27-16)21-18(26)25-8-6-14-12(5-7-19)3-2-4-13(14)10-25/h2-4,9H,5-6,8,10H2,1H3,(H,20,22)(H,21,24,26). The van der Waals surface area contributed by atoms with Gasteiger partial charge in [0.2, 0.25) is 5.13 Å². The minimum absolute atomic E-state index is 0.196. The highest BCUT2D eigenvalue weighted by atomic mass is 32.1. The Morgan fingerprint density at radius 2 is 2.33 bits per heavy atom. The second kappa shape index (κ2) is 7.17. The maximum atomic E-state index is 12.6. The van der Waals surface area contributed by atoms with E-state index in [0.29, 0.717) is 29.6 Å². The fraction of sp³-hybridized carbons (Fsp3) is 0.278. The van der Waals surface area contributed by atoms with E-state index in [-0.39, 0.29) is 6.03 Å². The molecule has 3 aromatic rings. The van der Waals surface area contributed by atoms with Gasteiger partial charge < -0.3 is 4.90 Å². The first kappa shape index (κ1) is 17.2. The number of aromatic amines is 1. The Morgan fingerprint density at radius 1 is 1.44 bits per heavy atom. The van der Waals surface area contributed by atoms with Gasteiger partial charge in [-0.2, -0.15) is 10.4 Å². The molecular weight excluding hydrogens is 362 g/mol. The Balaban J connectivity index is 1.46. The number of amides is 2. The molecule has 0 bridgehead atoms. The van der Waals surface area contributed by atoms with Crippen LogP contribution in [-0.2, 0) is 19.4 Å². The van der Waals surface area contributed by atoms with Gasteiger partial charge in [0.1, 0.15) is 0 Å². The fourth-order valence-electron chi connectivity index (χ4n) is 3.23. The summed E-state index contributed by atoms with van der Waals surface area (Å²) in [6.07, 6.45) is 2.84. The Labute approximate surface area is 159 Å². The quantitative estimate of drug-likeness (QED) is 0.727. The van der Waals surface area contributed by atoms with E-state index in [1.165, 1.54) is 16.9 Å². The lowest BCUT2D eigenvalue weighted by molar-refractivity contribution is 0.206. The SMILES string of the molecule is Cc1[nH]ncc1-c1nnc(NC(=O)N2CCc3c(CC#N)cccc3C2)s1. The number of hydrogen-bond acceptors (Lipinski definition) is 6. The molecule has 0 fully saturated rings. The van der Waals surface area contributed by atoms with Crippen molar-refractivity contribution < 1.29 is 4.79 Å². The number of benzene rings is 1. The van der Waals surface area contributed by atoms with Crippen LogP contribution >= 0.6 is 11.3 Å². The van der Waals surface area contributed by atoms with Crippen LogP contribution in [0.15, 0.2) is 24.4 Å². The summed E-state index contributed by atoms with van der Waals surface area (Å²) in [5.74, 6) is 0. The number of rotatable bonds is 3. The van der Waals surface area contributed by atoms with Crippen molar-refractivity contribution in [3.8, 4) is 16.6 Å². The summed E-state index contributed by atoms with van der Waals surface area (Å²) in [5, 5.41) is 28.0. The average molecular weight is 379 g/mol. The van der Waals surface area contributed by atoms with Crippen LogP contribution < -0.4 is 5.32 Å². The summed E-state index contributed by atoms with van der Waals surface area (Å²) in [6.45, 7) is 3.04. The van der Waals surface area contributed by atoms with Gasteiger partial charge in [-0.15, -0.1) is 10.2 Å². The molecule has 136 valence electrons. The fourth-order valence-corrected chi connectivity index (χ4v) is 4.03. The van der Waals surface area contributed by atoms with Gasteiger partial charge >= 0.3 is 6.03 Å². The topological polar surface area (TPSA) is 111 Å². The number of hydrogen-bond donors (Lipinski definition) is 2. The maximum Gasteiger partial charge on any atom is 0.324 e. The molecule has 8 nitrogen and oxygen atoms in total. The summed E-state index contributed by atoms with van der Waals surface area (Å²) in [5.41, 5.74) is 5.13. The Hall–Kier alpha value is -3.25. The van der Waals surface area contributed by atoms with Gasteiger partial charge in [0.15, 0.2) is 5.01 Å². The first-order valence-corrected chi connectivity index (χ1v) is 9.33. The summed E-state index contributed by atoms with van der Waals surface area (Å²) in [7, 11) is 0. The number of urea groups is 1. The highest BCUT2D eigenvalue weighted by molar-refractivity contribution is 7.18. The van der Waals surface area contributed by atoms with Gasteiger partial charge in [0, 0.05) is 18.8 Å². The van der Waals surface area contributed by atoms with Gasteiger partial charge in [0.25, 0.3) is 0 Å². The third-order valence-electron chi connectivity index (χ3n) is 4.62. The van der Waals surface area contributed by atoms with Gasteiger partial charge in [-0.3, -0.25) is 10.4 Å². The lowest BCUT2D eigenvalue weighted by Gasteiger charge is -2.29. The number of fused-ring (bicyclic) bond motifs is 1. The highest BCUT2D eigenvalue weighted by Gasteiger charge is 2.23. The molecule has 3 heterocycles. The largest absolute Gasteiger partial charge is 0.324 e. The number of nitrogens with one attached hydrogen (secondary N) is 2. The van der Waals surface area contributed by atoms with Gasteiger partial charge in [0.05, 0.1) is 24.3 Å². The van der Waals surface area contributed by atoms with E-state index in [2.05, 4.69) is 31.8 Å². The molecule has 1 aromatic carbocycles. The van der Waals surface area contributed by atoms with E-state index in [0.717, 1.165) is 28.8 Å². The van der Waals surface area contributed by atoms with Crippen LogP contribution in [0.25, 0.3) is 10.6 Å². The molecule has 0 aliphatic carbocycles. The third-order valence-corrected chi connectivity index (χ3v) is 5.49. The zero-order valence-corrected chi connectivity index (χ0v) is 15.5. The molecule has 0 unspecified atom stereocenters. The molecule has 4 rings (SSSR count). The van der Waals surface area contributed by atoms with E-state index in [9.17, 15) is 4.79 Å². The molecule has 0 saturated carbocycles. The Kier molecular flexibility index (Phi) is 4.56. The number of nitrogens with zero attached hydrogens (tertiary/aromatic N) is 5. The van der Waals surface area contributed by atoms with Gasteiger partial charge in [-0.05, 0) is 30.0 Å². The molecule has 0 radical (unpaired) electrons. The van der Waals surface area contributed by atoms with E-state index in [1.54, 1.807) is 11.1 Å². The normalized spacial score (nSPS) is 13.1. The van der Waals surface area contributed by atoms with E-state index >= 15 is 0 Å². The monoisotopic (exact) mass is 379 g/mol. The van der Waals surface area contributed by atoms with Crippen molar-refractivity contribution in [3.05, 3.63) is 46.8 Å². The van der Waals surface area contributed by atoms with Crippen LogP contribution in [0.2, 0.25) is 0 Å². The predicted octanol–water partition coefficient (Wildman–Crippen LogP) is 2.89. The molecule has 2 amide bonds. The number of carbonyl (C=O) groups excluding carboxylic acids is 1. The van der Waals surface area contributed by atoms with Crippen molar-refractivity contribution in [3.63, 3.8) is 0 Å². The number of anilines is 1. The third kappa shape index (κ3) is 3.39. The molecule has 0 spiro atoms. The van der Waals surface area contributed by atoms with E-state index in [1.807, 2.05) is 25.1 Å². The number of aromatic nitrogens is 4. The van der Waals surface area contributed by atoms with E-state index < -0.39 is 0 Å². The van der Waals surface area contributed by atoms with Crippen molar-refractivity contribution in [1.82, 2.24) is 25.3 Å². The molecule has 0 saturated heterocycles. The zero-order valence-electron chi connectivity index (χ0n) is 14.7. The molecule has 2 aromatic heterocycles. The van der Waals surface area contributed by atoms with E-state index in [4.69, 9.17) is 5.26 Å². The minimum atomic E-state index is -0.196. The maximum absolute atomic E-state index is 12.6. The molecule has 1 aliphatic rings. The van der Waals surface area contributed by atoms with Crippen molar-refractivity contribution >= 4 is 22.5 Å². The predicted molar refractivity (Wildman–Crippen MR) is 101 cm³/mol.